The highest BCUT2D eigenvalue weighted by Gasteiger charge is 2.08. The van der Waals surface area contributed by atoms with Crippen molar-refractivity contribution < 1.29 is 19.0 Å². The second kappa shape index (κ2) is 8.17. The zero-order valence-electron chi connectivity index (χ0n) is 12.8. The fourth-order valence-corrected chi connectivity index (χ4v) is 1.64. The number of hydrogen-bond donors (Lipinski definition) is 0. The minimum atomic E-state index is -0.445. The van der Waals surface area contributed by atoms with Crippen molar-refractivity contribution in [3.8, 4) is 41.1 Å². The first-order valence-electron chi connectivity index (χ1n) is 6.78. The lowest BCUT2D eigenvalue weighted by molar-refractivity contribution is 0.0734. The Labute approximate surface area is 135 Å². The van der Waals surface area contributed by atoms with E-state index in [0.29, 0.717) is 22.8 Å². The molecule has 0 saturated heterocycles. The number of esters is 1. The van der Waals surface area contributed by atoms with Crippen LogP contribution in [0.5, 0.6) is 17.2 Å². The first kappa shape index (κ1) is 16.0. The second-order valence-corrected chi connectivity index (χ2v) is 4.29. The summed E-state index contributed by atoms with van der Waals surface area (Å²) in [5, 5.41) is 0. The normalized spacial score (nSPS) is 8.78. The highest BCUT2D eigenvalue weighted by molar-refractivity contribution is 5.91. The lowest BCUT2D eigenvalue weighted by atomic mass is 10.2. The molecule has 0 aliphatic carbocycles. The maximum absolute atomic E-state index is 12.0. The van der Waals surface area contributed by atoms with E-state index in [4.69, 9.17) is 14.2 Å². The van der Waals surface area contributed by atoms with Crippen molar-refractivity contribution in [2.75, 3.05) is 7.11 Å². The van der Waals surface area contributed by atoms with Crippen LogP contribution in [-0.4, -0.2) is 13.1 Å². The Morgan fingerprint density at radius 1 is 0.870 bits per heavy atom. The first-order valence-corrected chi connectivity index (χ1v) is 6.78. The van der Waals surface area contributed by atoms with Gasteiger partial charge in [-0.25, -0.2) is 4.79 Å². The molecular weight excluding hydrogens is 292 g/mol. The molecule has 4 heteroatoms. The van der Waals surface area contributed by atoms with Crippen molar-refractivity contribution in [2.24, 2.45) is 0 Å². The van der Waals surface area contributed by atoms with Crippen LogP contribution in [-0.2, 0) is 0 Å². The van der Waals surface area contributed by atoms with Crippen LogP contribution in [0.25, 0.3) is 0 Å². The highest BCUT2D eigenvalue weighted by Crippen LogP contribution is 2.19. The monoisotopic (exact) mass is 306 g/mol. The fraction of sp³-hybridized carbons (Fsp3) is 0.105. The Morgan fingerprint density at radius 2 is 1.48 bits per heavy atom. The average Bonchev–Trinajstić information content (AvgIpc) is 2.60. The van der Waals surface area contributed by atoms with Crippen molar-refractivity contribution in [2.45, 2.75) is 6.92 Å². The Hall–Kier alpha value is -3.37. The molecule has 0 N–H and O–H groups in total. The Bertz CT molecular complexity index is 782. The zero-order chi connectivity index (χ0) is 16.5. The molecule has 0 aliphatic heterocycles. The van der Waals surface area contributed by atoms with Gasteiger partial charge in [-0.3, -0.25) is 0 Å². The summed E-state index contributed by atoms with van der Waals surface area (Å²) in [6.45, 7) is 1.70. The van der Waals surface area contributed by atoms with Crippen molar-refractivity contribution in [1.82, 2.24) is 0 Å². The molecule has 0 fully saturated rings. The molecule has 0 aliphatic rings. The van der Waals surface area contributed by atoms with E-state index in [2.05, 4.69) is 23.9 Å². The van der Waals surface area contributed by atoms with Gasteiger partial charge in [-0.1, -0.05) is 5.92 Å². The molecule has 2 rings (SSSR count). The molecule has 23 heavy (non-hydrogen) atoms. The van der Waals surface area contributed by atoms with Crippen LogP contribution < -0.4 is 14.2 Å². The van der Waals surface area contributed by atoms with E-state index in [-0.39, 0.29) is 0 Å². The molecule has 2 aromatic carbocycles. The van der Waals surface area contributed by atoms with Crippen LogP contribution in [0.4, 0.5) is 0 Å². The van der Waals surface area contributed by atoms with Gasteiger partial charge in [0, 0.05) is 5.92 Å². The third kappa shape index (κ3) is 4.84. The lowest BCUT2D eigenvalue weighted by Gasteiger charge is -2.05. The summed E-state index contributed by atoms with van der Waals surface area (Å²) < 4.78 is 15.5. The Kier molecular flexibility index (Phi) is 5.68. The second-order valence-electron chi connectivity index (χ2n) is 4.29. The summed E-state index contributed by atoms with van der Waals surface area (Å²) in [7, 11) is 1.57. The minimum Gasteiger partial charge on any atom is -0.497 e. The molecule has 0 unspecified atom stereocenters. The molecule has 0 atom stereocenters. The van der Waals surface area contributed by atoms with Crippen molar-refractivity contribution >= 4 is 5.97 Å². The van der Waals surface area contributed by atoms with Gasteiger partial charge in [-0.15, -0.1) is 0 Å². The van der Waals surface area contributed by atoms with Gasteiger partial charge in [0.05, 0.1) is 12.7 Å². The number of carbonyl (C=O) groups is 1. The lowest BCUT2D eigenvalue weighted by Crippen LogP contribution is -2.08. The quantitative estimate of drug-likeness (QED) is 0.494. The standard InChI is InChI=1S/C19H14O4/c1-3-4-5-14-22-17-10-12-18(13-11-17)23-19(20)15-6-8-16(21-2)9-7-15/h6-13H,1-2H3. The molecule has 0 radical (unpaired) electrons. The number of carbonyl (C=O) groups excluding carboxylic acids is 1. The summed E-state index contributed by atoms with van der Waals surface area (Å²) >= 11 is 0. The highest BCUT2D eigenvalue weighted by atomic mass is 16.5. The molecule has 114 valence electrons. The number of methoxy groups -OCH3 is 1. The van der Waals surface area contributed by atoms with Gasteiger partial charge in [0.1, 0.15) is 23.4 Å². The van der Waals surface area contributed by atoms with E-state index in [1.54, 1.807) is 62.6 Å². The topological polar surface area (TPSA) is 44.8 Å². The van der Waals surface area contributed by atoms with Crippen LogP contribution in [0.3, 0.4) is 0 Å². The third-order valence-corrected chi connectivity index (χ3v) is 2.77. The van der Waals surface area contributed by atoms with Gasteiger partial charge in [0.15, 0.2) is 0 Å². The van der Waals surface area contributed by atoms with E-state index in [1.807, 2.05) is 0 Å². The molecule has 4 nitrogen and oxygen atoms in total. The van der Waals surface area contributed by atoms with E-state index in [1.165, 1.54) is 0 Å². The summed E-state index contributed by atoms with van der Waals surface area (Å²) in [5.74, 6) is 8.93. The van der Waals surface area contributed by atoms with Crippen LogP contribution in [0.15, 0.2) is 48.5 Å². The molecule has 2 aromatic rings. The maximum atomic E-state index is 12.0. The summed E-state index contributed by atoms with van der Waals surface area (Å²) in [4.78, 5) is 12.0. The van der Waals surface area contributed by atoms with E-state index in [0.717, 1.165) is 0 Å². The average molecular weight is 306 g/mol. The number of hydrogen-bond acceptors (Lipinski definition) is 4. The predicted octanol–water partition coefficient (Wildman–Crippen LogP) is 3.28. The van der Waals surface area contributed by atoms with Crippen molar-refractivity contribution in [3.63, 3.8) is 0 Å². The van der Waals surface area contributed by atoms with E-state index in [9.17, 15) is 4.79 Å². The van der Waals surface area contributed by atoms with Crippen LogP contribution >= 0.6 is 0 Å². The molecule has 0 spiro atoms. The van der Waals surface area contributed by atoms with Gasteiger partial charge in [-0.2, -0.15) is 0 Å². The Morgan fingerprint density at radius 3 is 2.09 bits per heavy atom. The molecule has 0 heterocycles. The van der Waals surface area contributed by atoms with Gasteiger partial charge >= 0.3 is 5.97 Å². The smallest absolute Gasteiger partial charge is 0.343 e. The van der Waals surface area contributed by atoms with Gasteiger partial charge < -0.3 is 14.2 Å². The molecule has 0 bridgehead atoms. The largest absolute Gasteiger partial charge is 0.497 e. The third-order valence-electron chi connectivity index (χ3n) is 2.77. The summed E-state index contributed by atoms with van der Waals surface area (Å²) in [6, 6.07) is 13.3. The summed E-state index contributed by atoms with van der Waals surface area (Å²) in [6.07, 6.45) is 2.46. The molecule has 0 aromatic heterocycles. The number of ether oxygens (including phenoxy) is 3. The minimum absolute atomic E-state index is 0.416. The SMILES string of the molecule is CC#CC#COc1ccc(OC(=O)c2ccc(OC)cc2)cc1. The molecular formula is C19H14O4. The first-order chi connectivity index (χ1) is 11.2. The van der Waals surface area contributed by atoms with Gasteiger partial charge in [0.2, 0.25) is 0 Å². The predicted molar refractivity (Wildman–Crippen MR) is 86.2 cm³/mol. The number of rotatable bonds is 4. The maximum Gasteiger partial charge on any atom is 0.343 e. The van der Waals surface area contributed by atoms with E-state index < -0.39 is 5.97 Å². The number of benzene rings is 2. The van der Waals surface area contributed by atoms with Gasteiger partial charge in [-0.05, 0) is 61.4 Å². The zero-order valence-corrected chi connectivity index (χ0v) is 12.8. The van der Waals surface area contributed by atoms with Crippen LogP contribution in [0.1, 0.15) is 17.3 Å². The van der Waals surface area contributed by atoms with Crippen molar-refractivity contribution in [1.29, 1.82) is 0 Å². The Balaban J connectivity index is 1.98. The van der Waals surface area contributed by atoms with Crippen LogP contribution in [0, 0.1) is 23.9 Å². The fourth-order valence-electron chi connectivity index (χ4n) is 1.64. The molecule has 0 amide bonds. The van der Waals surface area contributed by atoms with E-state index >= 15 is 0 Å². The van der Waals surface area contributed by atoms with Crippen LogP contribution in [0.2, 0.25) is 0 Å². The molecule has 0 saturated carbocycles. The van der Waals surface area contributed by atoms with Gasteiger partial charge in [0.25, 0.3) is 0 Å². The summed E-state index contributed by atoms with van der Waals surface area (Å²) in [5.41, 5.74) is 0.440. The van der Waals surface area contributed by atoms with Crippen molar-refractivity contribution in [3.05, 3.63) is 54.1 Å².